The minimum absolute atomic E-state index is 0.00520. The Bertz CT molecular complexity index is 1850. The second-order valence-corrected chi connectivity index (χ2v) is 11.3. The summed E-state index contributed by atoms with van der Waals surface area (Å²) in [5.41, 5.74) is 7.43. The highest BCUT2D eigenvalue weighted by Gasteiger charge is 2.34. The summed E-state index contributed by atoms with van der Waals surface area (Å²) in [5.74, 6) is -2.26. The van der Waals surface area contributed by atoms with Gasteiger partial charge in [0.1, 0.15) is 29.2 Å². The van der Waals surface area contributed by atoms with Crippen molar-refractivity contribution in [1.82, 2.24) is 14.9 Å². The smallest absolute Gasteiger partial charge is 0.326 e. The van der Waals surface area contributed by atoms with Crippen LogP contribution in [0.3, 0.4) is 0 Å². The number of nitrogens with zero attached hydrogens (tertiary/aromatic N) is 2. The van der Waals surface area contributed by atoms with Crippen molar-refractivity contribution in [2.45, 2.75) is 30.2 Å². The molecule has 1 aliphatic heterocycles. The molecule has 2 heterocycles. The van der Waals surface area contributed by atoms with Crippen molar-refractivity contribution >= 4 is 38.8 Å². The van der Waals surface area contributed by atoms with Crippen molar-refractivity contribution in [2.75, 3.05) is 6.54 Å². The summed E-state index contributed by atoms with van der Waals surface area (Å²) >= 11 is 0. The van der Waals surface area contributed by atoms with Gasteiger partial charge in [0, 0.05) is 23.2 Å². The second kappa shape index (κ2) is 10.2. The zero-order valence-corrected chi connectivity index (χ0v) is 22.3. The van der Waals surface area contributed by atoms with Gasteiger partial charge in [0.05, 0.1) is 27.9 Å². The van der Waals surface area contributed by atoms with Gasteiger partial charge in [-0.2, -0.15) is 0 Å². The van der Waals surface area contributed by atoms with Crippen LogP contribution >= 0.6 is 0 Å². The van der Waals surface area contributed by atoms with Gasteiger partial charge in [-0.3, -0.25) is 10.2 Å². The second-order valence-electron chi connectivity index (χ2n) is 9.75. The predicted octanol–water partition coefficient (Wildman–Crippen LogP) is 1.86. The molecular formula is C27H26N6O7S. The number of aliphatic carboxylic acids is 1. The lowest BCUT2D eigenvalue weighted by Crippen LogP contribution is -2.41. The Morgan fingerprint density at radius 3 is 2.49 bits per heavy atom. The number of aromatic hydroxyl groups is 2. The molecular weight excluding hydrogens is 552 g/mol. The number of aromatic amines is 1. The number of carbonyl (C=O) groups is 2. The molecule has 0 aliphatic carbocycles. The first-order valence-electron chi connectivity index (χ1n) is 12.4. The zero-order chi connectivity index (χ0) is 29.6. The van der Waals surface area contributed by atoms with Crippen LogP contribution in [0.15, 0.2) is 53.4 Å². The molecule has 1 saturated heterocycles. The van der Waals surface area contributed by atoms with Crippen LogP contribution in [0, 0.1) is 5.41 Å². The van der Waals surface area contributed by atoms with Crippen LogP contribution in [0.2, 0.25) is 0 Å². The number of carbonyl (C=O) groups excluding carboxylic acids is 1. The lowest BCUT2D eigenvalue weighted by Gasteiger charge is -2.22. The van der Waals surface area contributed by atoms with E-state index in [-0.39, 0.29) is 57.7 Å². The average molecular weight is 579 g/mol. The number of phenols is 2. The maximum atomic E-state index is 13.2. The molecule has 212 valence electrons. The molecule has 13 nitrogen and oxygen atoms in total. The molecule has 1 aliphatic rings. The molecule has 1 unspecified atom stereocenters. The molecule has 1 aromatic heterocycles. The highest BCUT2D eigenvalue weighted by Crippen LogP contribution is 2.43. The third kappa shape index (κ3) is 5.29. The Hall–Kier alpha value is -4.95. The molecule has 1 amide bonds. The number of amides is 1. The normalized spacial score (nSPS) is 15.3. The number of primary sulfonamides is 1. The summed E-state index contributed by atoms with van der Waals surface area (Å²) in [7, 11) is -4.16. The summed E-state index contributed by atoms with van der Waals surface area (Å²) in [6.45, 7) is 0.285. The fourth-order valence-corrected chi connectivity index (χ4v) is 5.53. The van der Waals surface area contributed by atoms with Crippen LogP contribution in [-0.4, -0.2) is 68.9 Å². The van der Waals surface area contributed by atoms with Crippen molar-refractivity contribution in [2.24, 2.45) is 10.9 Å². The molecule has 4 aromatic rings. The van der Waals surface area contributed by atoms with Gasteiger partial charge in [-0.05, 0) is 66.9 Å². The van der Waals surface area contributed by atoms with Gasteiger partial charge in [-0.25, -0.2) is 23.3 Å². The van der Waals surface area contributed by atoms with Crippen LogP contribution in [-0.2, 0) is 26.0 Å². The maximum Gasteiger partial charge on any atom is 0.326 e. The van der Waals surface area contributed by atoms with E-state index in [2.05, 4.69) is 9.97 Å². The van der Waals surface area contributed by atoms with Gasteiger partial charge >= 0.3 is 5.97 Å². The number of benzene rings is 3. The van der Waals surface area contributed by atoms with Gasteiger partial charge in [0.2, 0.25) is 15.9 Å². The van der Waals surface area contributed by atoms with E-state index >= 15 is 0 Å². The number of nitrogens with one attached hydrogen (secondary N) is 2. The summed E-state index contributed by atoms with van der Waals surface area (Å²) in [4.78, 5) is 33.4. The van der Waals surface area contributed by atoms with E-state index in [1.807, 2.05) is 0 Å². The van der Waals surface area contributed by atoms with Crippen molar-refractivity contribution in [3.05, 3.63) is 59.7 Å². The first-order valence-corrected chi connectivity index (χ1v) is 14.0. The molecule has 0 radical (unpaired) electrons. The van der Waals surface area contributed by atoms with Crippen LogP contribution in [0.1, 0.15) is 24.0 Å². The number of phenolic OH excluding ortho intramolecular Hbond substituents is 2. The molecule has 0 spiro atoms. The number of likely N-dealkylation sites (tertiary alicyclic amines) is 1. The maximum absolute atomic E-state index is 13.2. The van der Waals surface area contributed by atoms with Gasteiger partial charge in [0.15, 0.2) is 0 Å². The number of amidine groups is 1. The fraction of sp³-hybridized carbons (Fsp3) is 0.185. The number of hydrogen-bond acceptors (Lipinski definition) is 8. The number of carboxylic acids is 1. The Morgan fingerprint density at radius 2 is 1.80 bits per heavy atom. The SMILES string of the molecule is N=C(N)c1ccc2[nH]c(-c3cc(CC(=O)N4CCCC4C(=O)O)cc(-c4cc(S(N)(=O)=O)ccc4O)c3O)nc2c1. The van der Waals surface area contributed by atoms with E-state index in [1.165, 1.54) is 17.0 Å². The van der Waals surface area contributed by atoms with Gasteiger partial charge in [-0.1, -0.05) is 0 Å². The van der Waals surface area contributed by atoms with Crippen LogP contribution in [0.4, 0.5) is 0 Å². The van der Waals surface area contributed by atoms with Gasteiger partial charge in [-0.15, -0.1) is 0 Å². The molecule has 41 heavy (non-hydrogen) atoms. The van der Waals surface area contributed by atoms with Gasteiger partial charge in [0.25, 0.3) is 0 Å². The number of imidazole rings is 1. The summed E-state index contributed by atoms with van der Waals surface area (Å²) in [5, 5.41) is 44.5. The largest absolute Gasteiger partial charge is 0.507 e. The Balaban J connectivity index is 1.67. The van der Waals surface area contributed by atoms with Crippen molar-refractivity contribution in [3.8, 4) is 34.0 Å². The van der Waals surface area contributed by atoms with E-state index < -0.39 is 27.9 Å². The predicted molar refractivity (Wildman–Crippen MR) is 149 cm³/mol. The van der Waals surface area contributed by atoms with Crippen LogP contribution < -0.4 is 10.9 Å². The number of rotatable bonds is 7. The number of hydrogen-bond donors (Lipinski definition) is 7. The van der Waals surface area contributed by atoms with Crippen molar-refractivity contribution in [3.63, 3.8) is 0 Å². The number of fused-ring (bicyclic) bond motifs is 1. The van der Waals surface area contributed by atoms with Crippen LogP contribution in [0.5, 0.6) is 11.5 Å². The first kappa shape index (κ1) is 27.6. The first-order chi connectivity index (χ1) is 19.3. The monoisotopic (exact) mass is 578 g/mol. The average Bonchev–Trinajstić information content (AvgIpc) is 3.56. The quantitative estimate of drug-likeness (QED) is 0.125. The number of sulfonamides is 1. The molecule has 0 saturated carbocycles. The van der Waals surface area contributed by atoms with Crippen LogP contribution in [0.25, 0.3) is 33.5 Å². The molecule has 0 bridgehead atoms. The lowest BCUT2D eigenvalue weighted by atomic mass is 9.95. The summed E-state index contributed by atoms with van der Waals surface area (Å²) in [6.07, 6.45) is 0.640. The highest BCUT2D eigenvalue weighted by atomic mass is 32.2. The van der Waals surface area contributed by atoms with Crippen molar-refractivity contribution < 1.29 is 33.3 Å². The third-order valence-electron chi connectivity index (χ3n) is 7.02. The number of carboxylic acid groups (broad SMARTS) is 1. The number of nitrogens with two attached hydrogens (primary N) is 2. The molecule has 9 N–H and O–H groups in total. The molecule has 1 atom stereocenters. The highest BCUT2D eigenvalue weighted by molar-refractivity contribution is 7.89. The van der Waals surface area contributed by atoms with Gasteiger partial charge < -0.3 is 30.9 Å². The zero-order valence-electron chi connectivity index (χ0n) is 21.5. The van der Waals surface area contributed by atoms with Crippen molar-refractivity contribution in [1.29, 1.82) is 5.41 Å². The number of aromatic nitrogens is 2. The Kier molecular flexibility index (Phi) is 6.88. The van der Waals surface area contributed by atoms with E-state index in [9.17, 15) is 33.3 Å². The molecule has 1 fully saturated rings. The molecule has 14 heteroatoms. The Labute approximate surface area is 233 Å². The lowest BCUT2D eigenvalue weighted by molar-refractivity contribution is -0.148. The molecule has 5 rings (SSSR count). The molecule has 3 aromatic carbocycles. The standard InChI is InChI=1S/C27H26N6O7S/c28-25(29)14-3-5-19-20(11-14)32-26(31-19)18-9-13(10-23(35)33-7-1-2-21(33)27(37)38)8-17(24(18)36)16-12-15(41(30,39)40)4-6-22(16)34/h3-6,8-9,11-12,21,34,36H,1-2,7,10H2,(H3,28,29)(H,31,32)(H,37,38)(H2,30,39,40). The fourth-order valence-electron chi connectivity index (χ4n) is 4.99. The number of H-pyrrole nitrogens is 1. The van der Waals surface area contributed by atoms with E-state index in [0.717, 1.165) is 18.2 Å². The number of nitrogen functional groups attached to an aromatic ring is 1. The minimum atomic E-state index is -4.16. The van der Waals surface area contributed by atoms with E-state index in [4.69, 9.17) is 16.3 Å². The Morgan fingerprint density at radius 1 is 1.07 bits per heavy atom. The topological polar surface area (TPSA) is 237 Å². The van der Waals surface area contributed by atoms with E-state index in [1.54, 1.807) is 18.2 Å². The summed E-state index contributed by atoms with van der Waals surface area (Å²) in [6, 6.07) is 10.2. The summed E-state index contributed by atoms with van der Waals surface area (Å²) < 4.78 is 24.0. The third-order valence-corrected chi connectivity index (χ3v) is 7.93. The van der Waals surface area contributed by atoms with E-state index in [0.29, 0.717) is 35.0 Å². The minimum Gasteiger partial charge on any atom is -0.507 e.